The maximum Gasteiger partial charge on any atom is 0.309 e. The molecule has 0 saturated carbocycles. The van der Waals surface area contributed by atoms with E-state index in [1.807, 2.05) is 41.0 Å². The highest BCUT2D eigenvalue weighted by molar-refractivity contribution is 5.87. The van der Waals surface area contributed by atoms with Gasteiger partial charge in [-0.1, -0.05) is 48.5 Å². The van der Waals surface area contributed by atoms with Gasteiger partial charge in [0.2, 0.25) is 0 Å². The van der Waals surface area contributed by atoms with Gasteiger partial charge in [-0.15, -0.1) is 0 Å². The molecule has 0 spiro atoms. The Hall–Kier alpha value is -3.58. The van der Waals surface area contributed by atoms with Crippen LogP contribution in [0.2, 0.25) is 0 Å². The normalized spacial score (nSPS) is 10.9. The monoisotopic (exact) mass is 340 g/mol. The first-order valence-electron chi connectivity index (χ1n) is 8.36. The summed E-state index contributed by atoms with van der Waals surface area (Å²) >= 11 is 0. The molecule has 0 aliphatic rings. The molecule has 0 radical (unpaired) electrons. The number of aliphatic carboxylic acids is 1. The van der Waals surface area contributed by atoms with Gasteiger partial charge in [0.1, 0.15) is 0 Å². The number of nitriles is 1. The Labute approximate surface area is 150 Å². The molecule has 4 heteroatoms. The first kappa shape index (κ1) is 15.9. The topological polar surface area (TPSA) is 66.0 Å². The molecule has 1 aromatic heterocycles. The first-order chi connectivity index (χ1) is 12.7. The molecule has 1 N–H and O–H groups in total. The van der Waals surface area contributed by atoms with Crippen molar-refractivity contribution in [1.82, 2.24) is 4.57 Å². The molecule has 4 aromatic rings. The summed E-state index contributed by atoms with van der Waals surface area (Å²) in [6, 6.07) is 23.8. The second kappa shape index (κ2) is 6.38. The van der Waals surface area contributed by atoms with Crippen LogP contribution in [0.1, 0.15) is 16.8 Å². The maximum absolute atomic E-state index is 11.3. The van der Waals surface area contributed by atoms with Gasteiger partial charge in [0, 0.05) is 17.8 Å². The average molecular weight is 340 g/mol. The summed E-state index contributed by atoms with van der Waals surface area (Å²) in [5.74, 6) is -0.868. The SMILES string of the molecule is N#Cc1ccc2cc(CC(=O)O)n(Cc3cccc4ccccc34)c2c1. The van der Waals surface area contributed by atoms with Gasteiger partial charge < -0.3 is 9.67 Å². The number of fused-ring (bicyclic) bond motifs is 2. The third kappa shape index (κ3) is 2.80. The summed E-state index contributed by atoms with van der Waals surface area (Å²) in [5.41, 5.74) is 3.30. The minimum atomic E-state index is -0.868. The Morgan fingerprint density at radius 3 is 2.62 bits per heavy atom. The number of aromatic nitrogens is 1. The maximum atomic E-state index is 11.3. The molecule has 0 amide bonds. The van der Waals surface area contributed by atoms with Crippen LogP contribution in [-0.2, 0) is 17.8 Å². The van der Waals surface area contributed by atoms with E-state index in [9.17, 15) is 15.2 Å². The number of nitrogens with zero attached hydrogens (tertiary/aromatic N) is 2. The van der Waals surface area contributed by atoms with E-state index in [0.717, 1.165) is 32.9 Å². The van der Waals surface area contributed by atoms with Crippen molar-refractivity contribution in [3.63, 3.8) is 0 Å². The Morgan fingerprint density at radius 2 is 1.81 bits per heavy atom. The third-order valence-corrected chi connectivity index (χ3v) is 4.66. The summed E-state index contributed by atoms with van der Waals surface area (Å²) in [6.45, 7) is 0.558. The summed E-state index contributed by atoms with van der Waals surface area (Å²) < 4.78 is 2.01. The number of carbonyl (C=O) groups is 1. The number of hydrogen-bond acceptors (Lipinski definition) is 2. The van der Waals surface area contributed by atoms with Crippen molar-refractivity contribution >= 4 is 27.6 Å². The van der Waals surface area contributed by atoms with Crippen LogP contribution in [-0.4, -0.2) is 15.6 Å². The molecule has 4 nitrogen and oxygen atoms in total. The molecule has 0 aliphatic heterocycles. The number of hydrogen-bond donors (Lipinski definition) is 1. The van der Waals surface area contributed by atoms with Crippen molar-refractivity contribution in [3.05, 3.63) is 83.6 Å². The molecular formula is C22H16N2O2. The van der Waals surface area contributed by atoms with Crippen molar-refractivity contribution in [3.8, 4) is 6.07 Å². The van der Waals surface area contributed by atoms with Crippen LogP contribution in [0.4, 0.5) is 0 Å². The minimum absolute atomic E-state index is 0.0542. The average Bonchev–Trinajstić information content (AvgIpc) is 2.97. The number of rotatable bonds is 4. The number of carboxylic acid groups (broad SMARTS) is 1. The Morgan fingerprint density at radius 1 is 1.00 bits per heavy atom. The Bertz CT molecular complexity index is 1180. The minimum Gasteiger partial charge on any atom is -0.481 e. The van der Waals surface area contributed by atoms with Crippen molar-refractivity contribution < 1.29 is 9.90 Å². The smallest absolute Gasteiger partial charge is 0.309 e. The Kier molecular flexibility index (Phi) is 3.91. The predicted octanol–water partition coefficient (Wildman–Crippen LogP) is 4.34. The van der Waals surface area contributed by atoms with Crippen LogP contribution in [0.5, 0.6) is 0 Å². The largest absolute Gasteiger partial charge is 0.481 e. The molecule has 0 aliphatic carbocycles. The zero-order chi connectivity index (χ0) is 18.1. The predicted molar refractivity (Wildman–Crippen MR) is 101 cm³/mol. The third-order valence-electron chi connectivity index (χ3n) is 4.66. The van der Waals surface area contributed by atoms with Crippen LogP contribution >= 0.6 is 0 Å². The number of carboxylic acids is 1. The van der Waals surface area contributed by atoms with Gasteiger partial charge in [-0.05, 0) is 39.9 Å². The van der Waals surface area contributed by atoms with Crippen LogP contribution in [0, 0.1) is 11.3 Å². The quantitative estimate of drug-likeness (QED) is 0.601. The summed E-state index contributed by atoms with van der Waals surface area (Å²) in [5, 5.41) is 21.8. The lowest BCUT2D eigenvalue weighted by Gasteiger charge is -2.12. The van der Waals surface area contributed by atoms with Crippen LogP contribution in [0.25, 0.3) is 21.7 Å². The highest BCUT2D eigenvalue weighted by Gasteiger charge is 2.14. The molecule has 0 atom stereocenters. The van der Waals surface area contributed by atoms with Crippen LogP contribution in [0.15, 0.2) is 66.7 Å². The van der Waals surface area contributed by atoms with Crippen molar-refractivity contribution in [2.75, 3.05) is 0 Å². The van der Waals surface area contributed by atoms with E-state index in [-0.39, 0.29) is 6.42 Å². The molecule has 26 heavy (non-hydrogen) atoms. The second-order valence-corrected chi connectivity index (χ2v) is 6.32. The molecule has 0 saturated heterocycles. The van der Waals surface area contributed by atoms with Crippen molar-refractivity contribution in [1.29, 1.82) is 5.26 Å². The Balaban J connectivity index is 1.91. The lowest BCUT2D eigenvalue weighted by molar-refractivity contribution is -0.136. The fraction of sp³-hybridized carbons (Fsp3) is 0.0909. The summed E-state index contributed by atoms with van der Waals surface area (Å²) in [6.07, 6.45) is -0.0542. The van der Waals surface area contributed by atoms with Gasteiger partial charge in [-0.2, -0.15) is 5.26 Å². The van der Waals surface area contributed by atoms with Gasteiger partial charge in [-0.3, -0.25) is 4.79 Å². The molecule has 3 aromatic carbocycles. The van der Waals surface area contributed by atoms with Crippen LogP contribution < -0.4 is 0 Å². The van der Waals surface area contributed by atoms with Crippen molar-refractivity contribution in [2.24, 2.45) is 0 Å². The second-order valence-electron chi connectivity index (χ2n) is 6.32. The first-order valence-corrected chi connectivity index (χ1v) is 8.36. The summed E-state index contributed by atoms with van der Waals surface area (Å²) in [4.78, 5) is 11.3. The standard InChI is InChI=1S/C22H16N2O2/c23-13-15-8-9-17-11-19(12-22(25)26)24(21(17)10-15)14-18-6-3-5-16-4-1-2-7-20(16)18/h1-11H,12,14H2,(H,25,26). The molecule has 4 rings (SSSR count). The van der Waals surface area contributed by atoms with Gasteiger partial charge in [-0.25, -0.2) is 0 Å². The van der Waals surface area contributed by atoms with Gasteiger partial charge in [0.25, 0.3) is 0 Å². The van der Waals surface area contributed by atoms with E-state index in [0.29, 0.717) is 12.1 Å². The van der Waals surface area contributed by atoms with E-state index < -0.39 is 5.97 Å². The molecule has 0 bridgehead atoms. The van der Waals surface area contributed by atoms with E-state index in [1.54, 1.807) is 6.07 Å². The van der Waals surface area contributed by atoms with Gasteiger partial charge in [0.05, 0.1) is 18.1 Å². The lowest BCUT2D eigenvalue weighted by atomic mass is 10.0. The lowest BCUT2D eigenvalue weighted by Crippen LogP contribution is -2.09. The van der Waals surface area contributed by atoms with E-state index >= 15 is 0 Å². The van der Waals surface area contributed by atoms with E-state index in [2.05, 4.69) is 30.3 Å². The molecule has 0 fully saturated rings. The zero-order valence-corrected chi connectivity index (χ0v) is 14.0. The van der Waals surface area contributed by atoms with E-state index in [4.69, 9.17) is 0 Å². The number of benzene rings is 3. The molecular weight excluding hydrogens is 324 g/mol. The van der Waals surface area contributed by atoms with Crippen LogP contribution in [0.3, 0.4) is 0 Å². The molecule has 1 heterocycles. The zero-order valence-electron chi connectivity index (χ0n) is 14.0. The fourth-order valence-electron chi connectivity index (χ4n) is 3.47. The molecule has 0 unspecified atom stereocenters. The summed E-state index contributed by atoms with van der Waals surface area (Å²) in [7, 11) is 0. The highest BCUT2D eigenvalue weighted by Crippen LogP contribution is 2.26. The molecule has 126 valence electrons. The van der Waals surface area contributed by atoms with Gasteiger partial charge in [0.15, 0.2) is 0 Å². The fourth-order valence-corrected chi connectivity index (χ4v) is 3.47. The van der Waals surface area contributed by atoms with Gasteiger partial charge >= 0.3 is 5.97 Å². The van der Waals surface area contributed by atoms with E-state index in [1.165, 1.54) is 0 Å². The van der Waals surface area contributed by atoms with Crippen molar-refractivity contribution in [2.45, 2.75) is 13.0 Å². The highest BCUT2D eigenvalue weighted by atomic mass is 16.4.